The van der Waals surface area contributed by atoms with Gasteiger partial charge in [-0.1, -0.05) is 43.3 Å². The molecule has 0 fully saturated rings. The van der Waals surface area contributed by atoms with Crippen LogP contribution in [-0.4, -0.2) is 16.8 Å². The van der Waals surface area contributed by atoms with E-state index >= 15 is 0 Å². The van der Waals surface area contributed by atoms with Crippen molar-refractivity contribution < 1.29 is 4.79 Å². The molecule has 1 amide bonds. The first-order chi connectivity index (χ1) is 7.31. The lowest BCUT2D eigenvalue weighted by molar-refractivity contribution is -0.126. The summed E-state index contributed by atoms with van der Waals surface area (Å²) in [6, 6.07) is 10.4. The van der Waals surface area contributed by atoms with Crippen molar-refractivity contribution in [1.29, 1.82) is 0 Å². The van der Waals surface area contributed by atoms with Gasteiger partial charge in [-0.15, -0.1) is 0 Å². The lowest BCUT2D eigenvalue weighted by Gasteiger charge is -2.23. The van der Waals surface area contributed by atoms with Gasteiger partial charge in [0.05, 0.1) is 6.04 Å². The molecule has 0 N–H and O–H groups in total. The summed E-state index contributed by atoms with van der Waals surface area (Å²) >= 11 is 0. The Kier molecular flexibility index (Phi) is 2.86. The average Bonchev–Trinajstić information content (AvgIpc) is 2.62. The Morgan fingerprint density at radius 3 is 2.67 bits per heavy atom. The zero-order valence-electron chi connectivity index (χ0n) is 8.89. The molecular formula is C13H15NO. The SMILES string of the molecule is CCC1C=CC(=O)N1Cc1ccccc1. The predicted octanol–water partition coefficient (Wildman–Crippen LogP) is 2.36. The first-order valence-electron chi connectivity index (χ1n) is 5.34. The summed E-state index contributed by atoms with van der Waals surface area (Å²) in [5.74, 6) is 0.130. The van der Waals surface area contributed by atoms with Crippen LogP contribution in [0.3, 0.4) is 0 Å². The van der Waals surface area contributed by atoms with Crippen LogP contribution in [0.4, 0.5) is 0 Å². The highest BCUT2D eigenvalue weighted by Gasteiger charge is 2.23. The summed E-state index contributed by atoms with van der Waals surface area (Å²) in [5, 5.41) is 0. The van der Waals surface area contributed by atoms with Crippen molar-refractivity contribution in [3.63, 3.8) is 0 Å². The fourth-order valence-corrected chi connectivity index (χ4v) is 1.89. The van der Waals surface area contributed by atoms with Crippen LogP contribution in [-0.2, 0) is 11.3 Å². The molecule has 1 atom stereocenters. The molecule has 1 aromatic carbocycles. The second-order valence-corrected chi connectivity index (χ2v) is 3.79. The molecule has 0 saturated carbocycles. The quantitative estimate of drug-likeness (QED) is 0.735. The zero-order valence-corrected chi connectivity index (χ0v) is 8.89. The van der Waals surface area contributed by atoms with Crippen LogP contribution in [0.15, 0.2) is 42.5 Å². The third kappa shape index (κ3) is 2.09. The minimum Gasteiger partial charge on any atom is -0.328 e. The smallest absolute Gasteiger partial charge is 0.247 e. The van der Waals surface area contributed by atoms with E-state index in [2.05, 4.69) is 19.1 Å². The Balaban J connectivity index is 2.09. The van der Waals surface area contributed by atoms with Gasteiger partial charge in [-0.2, -0.15) is 0 Å². The lowest BCUT2D eigenvalue weighted by atomic mass is 10.1. The Morgan fingerprint density at radius 1 is 1.27 bits per heavy atom. The van der Waals surface area contributed by atoms with E-state index in [1.54, 1.807) is 6.08 Å². The van der Waals surface area contributed by atoms with E-state index in [-0.39, 0.29) is 11.9 Å². The highest BCUT2D eigenvalue weighted by molar-refractivity contribution is 5.90. The molecule has 0 saturated heterocycles. The van der Waals surface area contributed by atoms with Crippen LogP contribution in [0.2, 0.25) is 0 Å². The summed E-state index contributed by atoms with van der Waals surface area (Å²) in [5.41, 5.74) is 1.19. The molecule has 15 heavy (non-hydrogen) atoms. The van der Waals surface area contributed by atoms with E-state index < -0.39 is 0 Å². The van der Waals surface area contributed by atoms with E-state index in [9.17, 15) is 4.79 Å². The van der Waals surface area contributed by atoms with E-state index in [1.165, 1.54) is 5.56 Å². The van der Waals surface area contributed by atoms with Crippen molar-refractivity contribution >= 4 is 5.91 Å². The van der Waals surface area contributed by atoms with Gasteiger partial charge in [-0.3, -0.25) is 4.79 Å². The number of carbonyl (C=O) groups excluding carboxylic acids is 1. The average molecular weight is 201 g/mol. The number of amides is 1. The minimum atomic E-state index is 0.130. The van der Waals surface area contributed by atoms with Crippen molar-refractivity contribution in [3.8, 4) is 0 Å². The first kappa shape index (κ1) is 9.97. The molecule has 0 radical (unpaired) electrons. The van der Waals surface area contributed by atoms with Crippen molar-refractivity contribution in [2.75, 3.05) is 0 Å². The second kappa shape index (κ2) is 4.30. The monoisotopic (exact) mass is 201 g/mol. The molecule has 1 heterocycles. The van der Waals surface area contributed by atoms with Crippen LogP contribution in [0, 0.1) is 0 Å². The molecule has 0 spiro atoms. The van der Waals surface area contributed by atoms with Gasteiger partial charge in [0.1, 0.15) is 0 Å². The van der Waals surface area contributed by atoms with E-state index in [1.807, 2.05) is 29.2 Å². The van der Waals surface area contributed by atoms with Crippen molar-refractivity contribution in [1.82, 2.24) is 4.90 Å². The van der Waals surface area contributed by atoms with Crippen molar-refractivity contribution in [3.05, 3.63) is 48.0 Å². The molecule has 2 nitrogen and oxygen atoms in total. The van der Waals surface area contributed by atoms with Gasteiger partial charge in [-0.25, -0.2) is 0 Å². The molecule has 1 aromatic rings. The third-order valence-corrected chi connectivity index (χ3v) is 2.76. The summed E-state index contributed by atoms with van der Waals surface area (Å²) < 4.78 is 0. The molecule has 0 bridgehead atoms. The van der Waals surface area contributed by atoms with Crippen molar-refractivity contribution in [2.45, 2.75) is 25.9 Å². The third-order valence-electron chi connectivity index (χ3n) is 2.76. The van der Waals surface area contributed by atoms with Crippen LogP contribution in [0.25, 0.3) is 0 Å². The maximum atomic E-state index is 11.6. The lowest BCUT2D eigenvalue weighted by Crippen LogP contribution is -2.32. The minimum absolute atomic E-state index is 0.130. The first-order valence-corrected chi connectivity index (χ1v) is 5.34. The molecule has 1 unspecified atom stereocenters. The number of nitrogens with zero attached hydrogens (tertiary/aromatic N) is 1. The molecule has 0 aromatic heterocycles. The van der Waals surface area contributed by atoms with Gasteiger partial charge in [0.2, 0.25) is 5.91 Å². The van der Waals surface area contributed by atoms with Gasteiger partial charge >= 0.3 is 0 Å². The van der Waals surface area contributed by atoms with Crippen LogP contribution < -0.4 is 0 Å². The number of hydrogen-bond donors (Lipinski definition) is 0. The standard InChI is InChI=1S/C13H15NO/c1-2-12-8-9-13(15)14(12)10-11-6-4-3-5-7-11/h3-9,12H,2,10H2,1H3. The summed E-state index contributed by atoms with van der Waals surface area (Å²) in [7, 11) is 0. The van der Waals surface area contributed by atoms with E-state index in [4.69, 9.17) is 0 Å². The number of hydrogen-bond acceptors (Lipinski definition) is 1. The molecule has 1 aliphatic rings. The van der Waals surface area contributed by atoms with E-state index in [0.717, 1.165) is 6.42 Å². The summed E-state index contributed by atoms with van der Waals surface area (Å²) in [6.45, 7) is 2.82. The van der Waals surface area contributed by atoms with Gasteiger partial charge in [0.25, 0.3) is 0 Å². The van der Waals surface area contributed by atoms with Crippen molar-refractivity contribution in [2.24, 2.45) is 0 Å². The maximum absolute atomic E-state index is 11.6. The maximum Gasteiger partial charge on any atom is 0.247 e. The topological polar surface area (TPSA) is 20.3 Å². The Morgan fingerprint density at radius 2 is 2.00 bits per heavy atom. The largest absolute Gasteiger partial charge is 0.328 e. The molecule has 78 valence electrons. The Hall–Kier alpha value is -1.57. The Bertz CT molecular complexity index is 369. The van der Waals surface area contributed by atoms with Crippen LogP contribution in [0.1, 0.15) is 18.9 Å². The molecule has 0 aliphatic carbocycles. The fraction of sp³-hybridized carbons (Fsp3) is 0.308. The summed E-state index contributed by atoms with van der Waals surface area (Å²) in [6.07, 6.45) is 4.65. The van der Waals surface area contributed by atoms with Crippen LogP contribution in [0.5, 0.6) is 0 Å². The number of rotatable bonds is 3. The molecule has 2 heteroatoms. The predicted molar refractivity (Wildman–Crippen MR) is 60.2 cm³/mol. The fourth-order valence-electron chi connectivity index (χ4n) is 1.89. The van der Waals surface area contributed by atoms with Gasteiger partial charge in [0, 0.05) is 12.6 Å². The molecule has 1 aliphatic heterocycles. The van der Waals surface area contributed by atoms with Gasteiger partial charge in [0.15, 0.2) is 0 Å². The number of benzene rings is 1. The Labute approximate surface area is 90.2 Å². The zero-order chi connectivity index (χ0) is 10.7. The highest BCUT2D eigenvalue weighted by Crippen LogP contribution is 2.17. The second-order valence-electron chi connectivity index (χ2n) is 3.79. The molecule has 2 rings (SSSR count). The van der Waals surface area contributed by atoms with Gasteiger partial charge < -0.3 is 4.90 Å². The van der Waals surface area contributed by atoms with E-state index in [0.29, 0.717) is 6.54 Å². The number of carbonyl (C=O) groups is 1. The summed E-state index contributed by atoms with van der Waals surface area (Å²) in [4.78, 5) is 13.5. The van der Waals surface area contributed by atoms with Gasteiger partial charge in [-0.05, 0) is 12.0 Å². The van der Waals surface area contributed by atoms with Crippen LogP contribution >= 0.6 is 0 Å². The highest BCUT2D eigenvalue weighted by atomic mass is 16.2. The molecular weight excluding hydrogens is 186 g/mol. The normalized spacial score (nSPS) is 19.9.